The first-order valence-corrected chi connectivity index (χ1v) is 9.77. The van der Waals surface area contributed by atoms with Crippen LogP contribution in [0.5, 0.6) is 11.5 Å². The second-order valence-corrected chi connectivity index (χ2v) is 6.74. The predicted molar refractivity (Wildman–Crippen MR) is 123 cm³/mol. The fourth-order valence-electron chi connectivity index (χ4n) is 2.91. The van der Waals surface area contributed by atoms with E-state index >= 15 is 0 Å². The van der Waals surface area contributed by atoms with E-state index in [4.69, 9.17) is 9.47 Å². The van der Waals surface area contributed by atoms with Gasteiger partial charge in [-0.05, 0) is 60.2 Å². The summed E-state index contributed by atoms with van der Waals surface area (Å²) < 4.78 is 10.3. The topological polar surface area (TPSA) is 120 Å². The average molecular weight is 447 g/mol. The lowest BCUT2D eigenvalue weighted by molar-refractivity contribution is -0.384. The van der Waals surface area contributed by atoms with E-state index in [1.165, 1.54) is 44.6 Å². The van der Waals surface area contributed by atoms with Crippen LogP contribution in [0.1, 0.15) is 15.9 Å². The van der Waals surface area contributed by atoms with E-state index < -0.39 is 16.7 Å². The molecule has 3 aromatic carbocycles. The molecule has 0 spiro atoms. The maximum absolute atomic E-state index is 13.0. The number of methoxy groups -OCH3 is 2. The number of benzene rings is 3. The minimum Gasteiger partial charge on any atom is -0.497 e. The van der Waals surface area contributed by atoms with Gasteiger partial charge < -0.3 is 20.1 Å². The van der Waals surface area contributed by atoms with E-state index in [1.54, 1.807) is 48.5 Å². The van der Waals surface area contributed by atoms with Gasteiger partial charge in [0.05, 0.1) is 24.7 Å². The second kappa shape index (κ2) is 10.6. The molecule has 0 aliphatic rings. The summed E-state index contributed by atoms with van der Waals surface area (Å²) in [5.74, 6) is -0.161. The lowest BCUT2D eigenvalue weighted by atomic mass is 10.1. The molecule has 2 N–H and O–H groups in total. The van der Waals surface area contributed by atoms with Crippen LogP contribution in [0.2, 0.25) is 0 Å². The van der Waals surface area contributed by atoms with Crippen LogP contribution >= 0.6 is 0 Å². The maximum Gasteiger partial charge on any atom is 0.272 e. The predicted octanol–water partition coefficient (Wildman–Crippen LogP) is 4.02. The van der Waals surface area contributed by atoms with Crippen molar-refractivity contribution in [2.75, 3.05) is 19.5 Å². The van der Waals surface area contributed by atoms with Gasteiger partial charge in [-0.15, -0.1) is 0 Å². The molecule has 0 atom stereocenters. The normalized spacial score (nSPS) is 10.8. The molecular weight excluding hydrogens is 426 g/mol. The number of carbonyl (C=O) groups excluding carboxylic acids is 2. The molecule has 168 valence electrons. The molecule has 9 nitrogen and oxygen atoms in total. The van der Waals surface area contributed by atoms with Crippen LogP contribution in [-0.2, 0) is 4.79 Å². The summed E-state index contributed by atoms with van der Waals surface area (Å²) in [7, 11) is 2.97. The summed E-state index contributed by atoms with van der Waals surface area (Å²) in [6, 6.07) is 18.9. The smallest absolute Gasteiger partial charge is 0.272 e. The number of non-ortho nitro benzene ring substituents is 1. The zero-order valence-corrected chi connectivity index (χ0v) is 17.9. The number of carbonyl (C=O) groups is 2. The van der Waals surface area contributed by atoms with Gasteiger partial charge in [0.2, 0.25) is 0 Å². The minimum absolute atomic E-state index is 0.0597. The molecule has 9 heteroatoms. The average Bonchev–Trinajstić information content (AvgIpc) is 2.84. The van der Waals surface area contributed by atoms with Crippen LogP contribution in [0.4, 0.5) is 11.4 Å². The van der Waals surface area contributed by atoms with E-state index in [1.807, 2.05) is 0 Å². The Bertz CT molecular complexity index is 1190. The van der Waals surface area contributed by atoms with Crippen LogP contribution in [0, 0.1) is 10.1 Å². The Labute approximate surface area is 189 Å². The standard InChI is InChI=1S/C24H21N3O6/c1-32-19-13-9-17(10-14-19)25-24(29)21(15-16-7-11-18(12-8-16)27(30)31)26-23(28)20-5-3-4-6-22(20)33-2/h3-15H,1-2H3,(H,25,29)(H,26,28)/b21-15-. The Morgan fingerprint density at radius 2 is 1.58 bits per heavy atom. The van der Waals surface area contributed by atoms with Crippen molar-refractivity contribution in [3.63, 3.8) is 0 Å². The minimum atomic E-state index is -0.582. The number of hydrogen-bond donors (Lipinski definition) is 2. The number of nitrogens with one attached hydrogen (secondary N) is 2. The molecule has 33 heavy (non-hydrogen) atoms. The molecular formula is C24H21N3O6. The zero-order chi connectivity index (χ0) is 23.8. The molecule has 0 radical (unpaired) electrons. The van der Waals surface area contributed by atoms with Gasteiger partial charge >= 0.3 is 0 Å². The van der Waals surface area contributed by atoms with Gasteiger partial charge in [-0.2, -0.15) is 0 Å². The quantitative estimate of drug-likeness (QED) is 0.306. The highest BCUT2D eigenvalue weighted by atomic mass is 16.6. The molecule has 0 unspecified atom stereocenters. The van der Waals surface area contributed by atoms with Crippen molar-refractivity contribution in [2.45, 2.75) is 0 Å². The van der Waals surface area contributed by atoms with Crippen LogP contribution < -0.4 is 20.1 Å². The summed E-state index contributed by atoms with van der Waals surface area (Å²) in [5.41, 5.74) is 1.07. The van der Waals surface area contributed by atoms with Gasteiger partial charge in [-0.1, -0.05) is 12.1 Å². The Morgan fingerprint density at radius 3 is 2.18 bits per heavy atom. The largest absolute Gasteiger partial charge is 0.497 e. The number of hydrogen-bond acceptors (Lipinski definition) is 6. The van der Waals surface area contributed by atoms with E-state index in [0.29, 0.717) is 22.7 Å². The first kappa shape index (κ1) is 23.0. The number of nitro benzene ring substituents is 1. The number of nitro groups is 1. The fourth-order valence-corrected chi connectivity index (χ4v) is 2.91. The first-order valence-electron chi connectivity index (χ1n) is 9.77. The number of nitrogens with zero attached hydrogens (tertiary/aromatic N) is 1. The van der Waals surface area contributed by atoms with Crippen molar-refractivity contribution in [1.82, 2.24) is 5.32 Å². The fraction of sp³-hybridized carbons (Fsp3) is 0.0833. The van der Waals surface area contributed by atoms with Crippen molar-refractivity contribution in [3.8, 4) is 11.5 Å². The van der Waals surface area contributed by atoms with Crippen LogP contribution in [0.3, 0.4) is 0 Å². The molecule has 0 saturated heterocycles. The van der Waals surface area contributed by atoms with Gasteiger partial charge in [-0.3, -0.25) is 19.7 Å². The summed E-state index contributed by atoms with van der Waals surface area (Å²) in [4.78, 5) is 36.3. The zero-order valence-electron chi connectivity index (χ0n) is 17.9. The van der Waals surface area contributed by atoms with Crippen LogP contribution in [-0.4, -0.2) is 31.0 Å². The number of ether oxygens (including phenoxy) is 2. The van der Waals surface area contributed by atoms with Crippen molar-refractivity contribution in [2.24, 2.45) is 0 Å². The van der Waals surface area contributed by atoms with Gasteiger partial charge in [0.15, 0.2) is 0 Å². The third kappa shape index (κ3) is 5.95. The monoisotopic (exact) mass is 447 g/mol. The molecule has 0 bridgehead atoms. The third-order valence-electron chi connectivity index (χ3n) is 4.61. The molecule has 0 aliphatic carbocycles. The van der Waals surface area contributed by atoms with Gasteiger partial charge in [0, 0.05) is 17.8 Å². The highest BCUT2D eigenvalue weighted by Crippen LogP contribution is 2.20. The van der Waals surface area contributed by atoms with E-state index in [9.17, 15) is 19.7 Å². The second-order valence-electron chi connectivity index (χ2n) is 6.74. The molecule has 0 saturated carbocycles. The summed E-state index contributed by atoms with van der Waals surface area (Å²) in [6.45, 7) is 0. The van der Waals surface area contributed by atoms with Crippen molar-refractivity contribution in [3.05, 3.63) is 99.7 Å². The van der Waals surface area contributed by atoms with Gasteiger partial charge in [0.1, 0.15) is 17.2 Å². The lowest BCUT2D eigenvalue weighted by Gasteiger charge is -2.13. The SMILES string of the molecule is COc1ccc(NC(=O)/C(=C/c2ccc([N+](=O)[O-])cc2)NC(=O)c2ccccc2OC)cc1. The summed E-state index contributed by atoms with van der Waals surface area (Å²) in [5, 5.41) is 16.2. The molecule has 3 rings (SSSR count). The van der Waals surface area contributed by atoms with Crippen molar-refractivity contribution in [1.29, 1.82) is 0 Å². The molecule has 3 aromatic rings. The Kier molecular flexibility index (Phi) is 7.38. The van der Waals surface area contributed by atoms with E-state index in [-0.39, 0.29) is 16.9 Å². The molecule has 0 heterocycles. The van der Waals surface area contributed by atoms with Crippen molar-refractivity contribution < 1.29 is 24.0 Å². The molecule has 0 fully saturated rings. The molecule has 2 amide bonds. The lowest BCUT2D eigenvalue weighted by Crippen LogP contribution is -2.31. The maximum atomic E-state index is 13.0. The number of anilines is 1. The van der Waals surface area contributed by atoms with E-state index in [0.717, 1.165) is 0 Å². The Hall–Kier alpha value is -4.66. The highest BCUT2D eigenvalue weighted by Gasteiger charge is 2.18. The van der Waals surface area contributed by atoms with Gasteiger partial charge in [-0.25, -0.2) is 0 Å². The highest BCUT2D eigenvalue weighted by molar-refractivity contribution is 6.11. The third-order valence-corrected chi connectivity index (χ3v) is 4.61. The van der Waals surface area contributed by atoms with Gasteiger partial charge in [0.25, 0.3) is 17.5 Å². The van der Waals surface area contributed by atoms with Crippen molar-refractivity contribution >= 4 is 29.3 Å². The summed E-state index contributed by atoms with van der Waals surface area (Å²) >= 11 is 0. The van der Waals surface area contributed by atoms with E-state index in [2.05, 4.69) is 10.6 Å². The Balaban J connectivity index is 1.91. The molecule has 0 aromatic heterocycles. The first-order chi connectivity index (χ1) is 15.9. The van der Waals surface area contributed by atoms with Crippen LogP contribution in [0.15, 0.2) is 78.5 Å². The number of rotatable bonds is 8. The number of para-hydroxylation sites is 1. The van der Waals surface area contributed by atoms with Crippen LogP contribution in [0.25, 0.3) is 6.08 Å². The molecule has 0 aliphatic heterocycles. The summed E-state index contributed by atoms with van der Waals surface area (Å²) in [6.07, 6.45) is 1.43. The Morgan fingerprint density at radius 1 is 0.909 bits per heavy atom. The number of amides is 2.